The van der Waals surface area contributed by atoms with Gasteiger partial charge in [-0.2, -0.15) is 10.5 Å². The minimum Gasteiger partial charge on any atom is -0.239 e. The number of aromatic amines is 1. The van der Waals surface area contributed by atoms with Crippen molar-refractivity contribution >= 4 is 0 Å². The lowest BCUT2D eigenvalue weighted by Crippen LogP contribution is -2.01. The third-order valence-electron chi connectivity index (χ3n) is 3.65. The van der Waals surface area contributed by atoms with Crippen LogP contribution in [0.4, 0.5) is 0 Å². The van der Waals surface area contributed by atoms with Crippen LogP contribution in [0.3, 0.4) is 0 Å². The van der Waals surface area contributed by atoms with E-state index in [9.17, 15) is 5.26 Å². The van der Waals surface area contributed by atoms with E-state index in [-0.39, 0.29) is 11.5 Å². The number of nitrogens with one attached hydrogen (secondary N) is 1. The number of tetrazole rings is 1. The summed E-state index contributed by atoms with van der Waals surface area (Å²) in [4.78, 5) is 9.21. The zero-order valence-corrected chi connectivity index (χ0v) is 13.0. The van der Waals surface area contributed by atoms with E-state index in [1.165, 1.54) is 0 Å². The number of hydrogen-bond acceptors (Lipinski definition) is 6. The van der Waals surface area contributed by atoms with Gasteiger partial charge in [-0.15, -0.1) is 10.2 Å². The first-order valence-corrected chi connectivity index (χ1v) is 7.53. The van der Waals surface area contributed by atoms with Crippen LogP contribution >= 0.6 is 0 Å². The molecule has 2 aromatic carbocycles. The van der Waals surface area contributed by atoms with Crippen LogP contribution in [-0.4, -0.2) is 30.6 Å². The lowest BCUT2D eigenvalue weighted by atomic mass is 10.0. The number of hydrogen-bond donors (Lipinski definition) is 1. The fourth-order valence-corrected chi connectivity index (χ4v) is 2.53. The maximum atomic E-state index is 9.51. The largest absolute Gasteiger partial charge is 0.239 e. The van der Waals surface area contributed by atoms with Crippen LogP contribution in [0.25, 0.3) is 34.0 Å². The normalized spacial score (nSPS) is 10.4. The Balaban J connectivity index is 2.02. The Morgan fingerprint density at radius 1 is 0.760 bits per heavy atom. The highest BCUT2D eigenvalue weighted by atomic mass is 15.5. The van der Waals surface area contributed by atoms with Gasteiger partial charge >= 0.3 is 0 Å². The van der Waals surface area contributed by atoms with E-state index in [0.717, 1.165) is 11.1 Å². The van der Waals surface area contributed by atoms with Crippen molar-refractivity contribution in [3.63, 3.8) is 0 Å². The number of rotatable bonds is 3. The first-order valence-electron chi connectivity index (χ1n) is 7.53. The standard InChI is InChI=1S/C18H11N7/c19-11-14-17(18-22-24-25-23-18)21-16(13-9-5-2-6-10-13)15(20-14)12-7-3-1-4-8-12/h1-10H,(H,22,23,24,25). The molecule has 0 bridgehead atoms. The lowest BCUT2D eigenvalue weighted by molar-refractivity contribution is 0.881. The predicted octanol–water partition coefficient (Wildman–Crippen LogP) is 2.86. The molecule has 0 atom stereocenters. The van der Waals surface area contributed by atoms with E-state index in [4.69, 9.17) is 0 Å². The average molecular weight is 325 g/mol. The molecule has 2 aromatic heterocycles. The topological polar surface area (TPSA) is 104 Å². The minimum atomic E-state index is 0.153. The molecule has 0 amide bonds. The van der Waals surface area contributed by atoms with Gasteiger partial charge in [-0.05, 0) is 5.21 Å². The summed E-state index contributed by atoms with van der Waals surface area (Å²) in [7, 11) is 0. The number of aromatic nitrogens is 6. The Morgan fingerprint density at radius 3 is 1.88 bits per heavy atom. The first-order chi connectivity index (χ1) is 12.4. The molecule has 0 unspecified atom stereocenters. The maximum absolute atomic E-state index is 9.51. The lowest BCUT2D eigenvalue weighted by Gasteiger charge is -2.11. The maximum Gasteiger partial charge on any atom is 0.225 e. The van der Waals surface area contributed by atoms with Gasteiger partial charge in [0.05, 0.1) is 11.4 Å². The van der Waals surface area contributed by atoms with E-state index < -0.39 is 0 Å². The molecule has 0 saturated heterocycles. The van der Waals surface area contributed by atoms with Crippen LogP contribution in [0.5, 0.6) is 0 Å². The Hall–Kier alpha value is -3.92. The molecule has 0 spiro atoms. The highest BCUT2D eigenvalue weighted by molar-refractivity contribution is 5.80. The van der Waals surface area contributed by atoms with Crippen LogP contribution in [0.1, 0.15) is 5.69 Å². The molecule has 118 valence electrons. The van der Waals surface area contributed by atoms with E-state index >= 15 is 0 Å². The highest BCUT2D eigenvalue weighted by Gasteiger charge is 2.19. The molecule has 0 aliphatic rings. The van der Waals surface area contributed by atoms with E-state index in [1.807, 2.05) is 60.7 Å². The SMILES string of the molecule is N#Cc1nc(-c2ccccc2)c(-c2ccccc2)nc1-c1nn[nH]n1. The Labute approximate surface area is 143 Å². The fraction of sp³-hybridized carbons (Fsp3) is 0. The third kappa shape index (κ3) is 2.72. The van der Waals surface area contributed by atoms with Gasteiger partial charge in [-0.25, -0.2) is 9.97 Å². The second-order valence-electron chi connectivity index (χ2n) is 5.20. The summed E-state index contributed by atoms with van der Waals surface area (Å²) in [5.74, 6) is 0.237. The van der Waals surface area contributed by atoms with E-state index in [0.29, 0.717) is 17.1 Å². The quantitative estimate of drug-likeness (QED) is 0.621. The van der Waals surface area contributed by atoms with Crippen molar-refractivity contribution in [2.75, 3.05) is 0 Å². The van der Waals surface area contributed by atoms with Crippen molar-refractivity contribution in [3.05, 3.63) is 66.4 Å². The molecule has 0 saturated carbocycles. The number of H-pyrrole nitrogens is 1. The van der Waals surface area contributed by atoms with Crippen LogP contribution < -0.4 is 0 Å². The van der Waals surface area contributed by atoms with Crippen molar-refractivity contribution in [2.45, 2.75) is 0 Å². The molecule has 2 heterocycles. The summed E-state index contributed by atoms with van der Waals surface area (Å²) in [5.41, 5.74) is 3.52. The summed E-state index contributed by atoms with van der Waals surface area (Å²) in [6.07, 6.45) is 0. The summed E-state index contributed by atoms with van der Waals surface area (Å²) < 4.78 is 0. The van der Waals surface area contributed by atoms with E-state index in [1.54, 1.807) is 0 Å². The summed E-state index contributed by atoms with van der Waals surface area (Å²) in [6.45, 7) is 0. The number of nitriles is 1. The molecule has 7 heteroatoms. The van der Waals surface area contributed by atoms with Gasteiger partial charge in [0, 0.05) is 11.1 Å². The molecule has 0 aliphatic carbocycles. The molecule has 4 aromatic rings. The summed E-state index contributed by atoms with van der Waals surface area (Å²) >= 11 is 0. The average Bonchev–Trinajstić information content (AvgIpc) is 3.23. The van der Waals surface area contributed by atoms with Crippen molar-refractivity contribution in [1.82, 2.24) is 30.6 Å². The van der Waals surface area contributed by atoms with Gasteiger partial charge < -0.3 is 0 Å². The molecular formula is C18H11N7. The Morgan fingerprint density at radius 2 is 1.36 bits per heavy atom. The third-order valence-corrected chi connectivity index (χ3v) is 3.65. The van der Waals surface area contributed by atoms with Crippen LogP contribution in [0.15, 0.2) is 60.7 Å². The van der Waals surface area contributed by atoms with Gasteiger partial charge in [0.15, 0.2) is 5.69 Å². The van der Waals surface area contributed by atoms with Gasteiger partial charge in [-0.3, -0.25) is 0 Å². The molecule has 4 rings (SSSR count). The second-order valence-corrected chi connectivity index (χ2v) is 5.20. The molecular weight excluding hydrogens is 314 g/mol. The smallest absolute Gasteiger partial charge is 0.225 e. The Bertz CT molecular complexity index is 1040. The molecule has 0 aliphatic heterocycles. The number of nitrogens with zero attached hydrogens (tertiary/aromatic N) is 6. The predicted molar refractivity (Wildman–Crippen MR) is 90.8 cm³/mol. The zero-order chi connectivity index (χ0) is 17.1. The molecule has 0 fully saturated rings. The molecule has 25 heavy (non-hydrogen) atoms. The second kappa shape index (κ2) is 6.29. The number of benzene rings is 2. The van der Waals surface area contributed by atoms with Crippen LogP contribution in [-0.2, 0) is 0 Å². The van der Waals surface area contributed by atoms with Crippen LogP contribution in [0, 0.1) is 11.3 Å². The zero-order valence-electron chi connectivity index (χ0n) is 13.0. The van der Waals surface area contributed by atoms with Gasteiger partial charge in [-0.1, -0.05) is 60.7 Å². The summed E-state index contributed by atoms with van der Waals surface area (Å²) in [6, 6.07) is 21.4. The van der Waals surface area contributed by atoms with Crippen LogP contribution in [0.2, 0.25) is 0 Å². The summed E-state index contributed by atoms with van der Waals surface area (Å²) in [5, 5.41) is 23.3. The van der Waals surface area contributed by atoms with Gasteiger partial charge in [0.1, 0.15) is 11.8 Å². The first kappa shape index (κ1) is 14.7. The van der Waals surface area contributed by atoms with Crippen molar-refractivity contribution in [3.8, 4) is 40.1 Å². The van der Waals surface area contributed by atoms with Gasteiger partial charge in [0.2, 0.25) is 5.82 Å². The molecule has 7 nitrogen and oxygen atoms in total. The van der Waals surface area contributed by atoms with Crippen molar-refractivity contribution in [1.29, 1.82) is 5.26 Å². The minimum absolute atomic E-state index is 0.153. The molecule has 0 radical (unpaired) electrons. The fourth-order valence-electron chi connectivity index (χ4n) is 2.53. The monoisotopic (exact) mass is 325 g/mol. The Kier molecular flexibility index (Phi) is 3.69. The van der Waals surface area contributed by atoms with E-state index in [2.05, 4.69) is 36.7 Å². The highest BCUT2D eigenvalue weighted by Crippen LogP contribution is 2.31. The van der Waals surface area contributed by atoms with Crippen molar-refractivity contribution in [2.24, 2.45) is 0 Å². The van der Waals surface area contributed by atoms with Crippen molar-refractivity contribution < 1.29 is 0 Å². The molecule has 1 N–H and O–H groups in total. The van der Waals surface area contributed by atoms with Gasteiger partial charge in [0.25, 0.3) is 0 Å².